The number of nitrogens with one attached hydrogen (secondary N) is 1. The summed E-state index contributed by atoms with van der Waals surface area (Å²) < 4.78 is 11.3. The molecule has 27 heavy (non-hydrogen) atoms. The quantitative estimate of drug-likeness (QED) is 0.897. The van der Waals surface area contributed by atoms with E-state index >= 15 is 0 Å². The number of pyridine rings is 1. The zero-order chi connectivity index (χ0) is 19.0. The van der Waals surface area contributed by atoms with E-state index in [-0.39, 0.29) is 18.1 Å². The Bertz CT molecular complexity index is 839. The third-order valence-electron chi connectivity index (χ3n) is 5.67. The highest BCUT2D eigenvalue weighted by Crippen LogP contribution is 2.27. The van der Waals surface area contributed by atoms with Gasteiger partial charge in [0, 0.05) is 36.6 Å². The summed E-state index contributed by atoms with van der Waals surface area (Å²) in [4.78, 5) is 19.9. The summed E-state index contributed by atoms with van der Waals surface area (Å²) in [6.45, 7) is 6.97. The van der Waals surface area contributed by atoms with Crippen molar-refractivity contribution in [2.45, 2.75) is 38.5 Å². The van der Waals surface area contributed by atoms with E-state index in [1.807, 2.05) is 24.3 Å². The van der Waals surface area contributed by atoms with E-state index in [2.05, 4.69) is 29.0 Å². The minimum Gasteiger partial charge on any atom is -0.481 e. The Kier molecular flexibility index (Phi) is 5.02. The fourth-order valence-electron chi connectivity index (χ4n) is 4.11. The van der Waals surface area contributed by atoms with Crippen molar-refractivity contribution < 1.29 is 14.3 Å². The van der Waals surface area contributed by atoms with Gasteiger partial charge >= 0.3 is 0 Å². The fourth-order valence-corrected chi connectivity index (χ4v) is 4.11. The second-order valence-electron chi connectivity index (χ2n) is 7.86. The Morgan fingerprint density at radius 2 is 2.15 bits per heavy atom. The highest BCUT2D eigenvalue weighted by molar-refractivity contribution is 6.06. The summed E-state index contributed by atoms with van der Waals surface area (Å²) >= 11 is 0. The number of amides is 1. The number of hydrogen-bond donors (Lipinski definition) is 1. The molecule has 6 nitrogen and oxygen atoms in total. The minimum absolute atomic E-state index is 0.0712. The van der Waals surface area contributed by atoms with E-state index in [1.54, 1.807) is 13.2 Å². The van der Waals surface area contributed by atoms with E-state index in [4.69, 9.17) is 9.47 Å². The zero-order valence-electron chi connectivity index (χ0n) is 16.1. The average molecular weight is 369 g/mol. The number of benzene rings is 1. The van der Waals surface area contributed by atoms with E-state index in [1.165, 1.54) is 0 Å². The number of rotatable bonds is 4. The third-order valence-corrected chi connectivity index (χ3v) is 5.67. The lowest BCUT2D eigenvalue weighted by atomic mass is 10.0. The van der Waals surface area contributed by atoms with Gasteiger partial charge in [0.25, 0.3) is 5.91 Å². The number of aromatic nitrogens is 1. The van der Waals surface area contributed by atoms with Crippen LogP contribution in [0.25, 0.3) is 10.9 Å². The number of methoxy groups -OCH3 is 1. The van der Waals surface area contributed by atoms with Crippen LogP contribution < -0.4 is 10.1 Å². The van der Waals surface area contributed by atoms with Gasteiger partial charge in [-0.25, -0.2) is 4.98 Å². The van der Waals surface area contributed by atoms with Crippen molar-refractivity contribution in [1.29, 1.82) is 0 Å². The van der Waals surface area contributed by atoms with Crippen LogP contribution in [0.2, 0.25) is 0 Å². The molecule has 2 aliphatic rings. The number of para-hydroxylation sites is 1. The summed E-state index contributed by atoms with van der Waals surface area (Å²) in [7, 11) is 1.57. The van der Waals surface area contributed by atoms with Crippen molar-refractivity contribution in [3.05, 3.63) is 35.9 Å². The van der Waals surface area contributed by atoms with Gasteiger partial charge in [-0.15, -0.1) is 0 Å². The molecule has 2 aliphatic heterocycles. The molecule has 0 unspecified atom stereocenters. The summed E-state index contributed by atoms with van der Waals surface area (Å²) in [6, 6.07) is 9.91. The summed E-state index contributed by atoms with van der Waals surface area (Å²) in [5, 5.41) is 4.06. The van der Waals surface area contributed by atoms with Gasteiger partial charge in [0.1, 0.15) is 0 Å². The van der Waals surface area contributed by atoms with Gasteiger partial charge in [0.2, 0.25) is 5.88 Å². The summed E-state index contributed by atoms with van der Waals surface area (Å²) in [5.41, 5.74) is 1.37. The third kappa shape index (κ3) is 3.64. The first-order chi connectivity index (χ1) is 13.0. The molecule has 2 saturated heterocycles. The fraction of sp³-hybridized carbons (Fsp3) is 0.524. The summed E-state index contributed by atoms with van der Waals surface area (Å²) in [6.07, 6.45) is 1.21. The molecule has 1 N–H and O–H groups in total. The molecule has 0 saturated carbocycles. The lowest BCUT2D eigenvalue weighted by molar-refractivity contribution is -0.0683. The Labute approximate surface area is 159 Å². The largest absolute Gasteiger partial charge is 0.481 e. The topological polar surface area (TPSA) is 63.7 Å². The van der Waals surface area contributed by atoms with Gasteiger partial charge in [-0.2, -0.15) is 0 Å². The van der Waals surface area contributed by atoms with Crippen LogP contribution in [0, 0.1) is 5.92 Å². The lowest BCUT2D eigenvalue weighted by Crippen LogP contribution is -2.48. The molecule has 0 aliphatic carbocycles. The Balaban J connectivity index is 1.50. The van der Waals surface area contributed by atoms with Crippen LogP contribution >= 0.6 is 0 Å². The molecule has 3 heterocycles. The van der Waals surface area contributed by atoms with Gasteiger partial charge < -0.3 is 14.8 Å². The molecule has 1 amide bonds. The van der Waals surface area contributed by atoms with Crippen LogP contribution in [-0.2, 0) is 4.74 Å². The zero-order valence-corrected chi connectivity index (χ0v) is 16.1. The maximum absolute atomic E-state index is 13.0. The molecule has 6 heteroatoms. The van der Waals surface area contributed by atoms with Crippen molar-refractivity contribution in [3.63, 3.8) is 0 Å². The van der Waals surface area contributed by atoms with Gasteiger partial charge in [0.15, 0.2) is 0 Å². The predicted molar refractivity (Wildman–Crippen MR) is 104 cm³/mol. The second-order valence-corrected chi connectivity index (χ2v) is 7.86. The molecule has 0 spiro atoms. The van der Waals surface area contributed by atoms with Crippen LogP contribution in [0.5, 0.6) is 5.88 Å². The molecule has 2 aromatic rings. The maximum Gasteiger partial charge on any atom is 0.252 e. The van der Waals surface area contributed by atoms with Crippen molar-refractivity contribution in [3.8, 4) is 5.88 Å². The molecule has 2 fully saturated rings. The first-order valence-electron chi connectivity index (χ1n) is 9.65. The van der Waals surface area contributed by atoms with Gasteiger partial charge in [-0.3, -0.25) is 9.69 Å². The predicted octanol–water partition coefficient (Wildman–Crippen LogP) is 2.47. The number of fused-ring (bicyclic) bond motifs is 2. The Hall–Kier alpha value is -2.18. The van der Waals surface area contributed by atoms with Gasteiger partial charge in [-0.1, -0.05) is 32.0 Å². The van der Waals surface area contributed by atoms with E-state index in [0.717, 1.165) is 37.0 Å². The first kappa shape index (κ1) is 18.2. The first-order valence-corrected chi connectivity index (χ1v) is 9.65. The van der Waals surface area contributed by atoms with E-state index < -0.39 is 0 Å². The van der Waals surface area contributed by atoms with Crippen LogP contribution in [-0.4, -0.2) is 60.8 Å². The highest BCUT2D eigenvalue weighted by atomic mass is 16.5. The minimum atomic E-state index is -0.0712. The maximum atomic E-state index is 13.0. The molecular weight excluding hydrogens is 342 g/mol. The standard InChI is InChI=1S/C21H27N3O3/c1-13(2)19-11-24-10-14(8-15(24)12-27-19)22-21(25)17-9-20(26-3)23-18-7-5-4-6-16(17)18/h4-7,9,13-15,19H,8,10-12H2,1-3H3,(H,22,25)/t14-,15-,19-/m0/s1. The number of carbonyl (C=O) groups is 1. The highest BCUT2D eigenvalue weighted by Gasteiger charge is 2.38. The van der Waals surface area contributed by atoms with Crippen molar-refractivity contribution >= 4 is 16.8 Å². The normalized spacial score (nSPS) is 25.6. The Morgan fingerprint density at radius 1 is 1.33 bits per heavy atom. The average Bonchev–Trinajstić information content (AvgIpc) is 3.08. The van der Waals surface area contributed by atoms with E-state index in [0.29, 0.717) is 23.4 Å². The van der Waals surface area contributed by atoms with Crippen molar-refractivity contribution in [2.24, 2.45) is 5.92 Å². The Morgan fingerprint density at radius 3 is 2.93 bits per heavy atom. The summed E-state index contributed by atoms with van der Waals surface area (Å²) in [5.74, 6) is 0.893. The number of nitrogens with zero attached hydrogens (tertiary/aromatic N) is 2. The second kappa shape index (κ2) is 7.44. The van der Waals surface area contributed by atoms with Crippen LogP contribution in [0.1, 0.15) is 30.6 Å². The van der Waals surface area contributed by atoms with Crippen molar-refractivity contribution in [1.82, 2.24) is 15.2 Å². The molecule has 1 aromatic carbocycles. The molecule has 0 bridgehead atoms. The van der Waals surface area contributed by atoms with Gasteiger partial charge in [0.05, 0.1) is 30.9 Å². The SMILES string of the molecule is COc1cc(C(=O)N[C@H]2C[C@H]3CO[C@H](C(C)C)CN3C2)c2ccccc2n1. The number of ether oxygens (including phenoxy) is 2. The van der Waals surface area contributed by atoms with Gasteiger partial charge in [-0.05, 0) is 18.4 Å². The van der Waals surface area contributed by atoms with Crippen molar-refractivity contribution in [2.75, 3.05) is 26.8 Å². The molecule has 3 atom stereocenters. The van der Waals surface area contributed by atoms with Crippen LogP contribution in [0.3, 0.4) is 0 Å². The van der Waals surface area contributed by atoms with Crippen LogP contribution in [0.4, 0.5) is 0 Å². The van der Waals surface area contributed by atoms with Crippen LogP contribution in [0.15, 0.2) is 30.3 Å². The molecule has 0 radical (unpaired) electrons. The molecule has 1 aromatic heterocycles. The molecular formula is C21H27N3O3. The lowest BCUT2D eigenvalue weighted by Gasteiger charge is -2.36. The molecule has 4 rings (SSSR count). The monoisotopic (exact) mass is 369 g/mol. The number of morpholine rings is 1. The number of carbonyl (C=O) groups excluding carboxylic acids is 1. The smallest absolute Gasteiger partial charge is 0.252 e. The van der Waals surface area contributed by atoms with E-state index in [9.17, 15) is 4.79 Å². The number of hydrogen-bond acceptors (Lipinski definition) is 5. The molecule has 144 valence electrons.